The van der Waals surface area contributed by atoms with E-state index in [0.29, 0.717) is 12.8 Å². The molecule has 2 amide bonds. The van der Waals surface area contributed by atoms with Crippen LogP contribution < -0.4 is 10.9 Å². The van der Waals surface area contributed by atoms with Gasteiger partial charge in [0.2, 0.25) is 5.91 Å². The van der Waals surface area contributed by atoms with Gasteiger partial charge in [0.15, 0.2) is 5.69 Å². The molecule has 0 unspecified atom stereocenters. The highest BCUT2D eigenvalue weighted by atomic mass is 16.4. The van der Waals surface area contributed by atoms with Crippen molar-refractivity contribution in [1.82, 2.24) is 21.0 Å². The van der Waals surface area contributed by atoms with E-state index in [4.69, 9.17) is 5.11 Å². The molecule has 8 heteroatoms. The second-order valence-electron chi connectivity index (χ2n) is 5.22. The normalized spacial score (nSPS) is 21.6. The Morgan fingerprint density at radius 2 is 1.90 bits per heavy atom. The SMILES string of the molecule is Cc1cc(C(=O)NNC(=O)[C@H]2CCCC[C@@H]2C(=O)O)n[nH]1. The third-order valence-electron chi connectivity index (χ3n) is 3.66. The first-order valence-electron chi connectivity index (χ1n) is 6.84. The number of carboxylic acids is 1. The Morgan fingerprint density at radius 1 is 1.24 bits per heavy atom. The highest BCUT2D eigenvalue weighted by Gasteiger charge is 2.35. The summed E-state index contributed by atoms with van der Waals surface area (Å²) in [4.78, 5) is 34.9. The van der Waals surface area contributed by atoms with Crippen LogP contribution in [-0.4, -0.2) is 33.1 Å². The lowest BCUT2D eigenvalue weighted by atomic mass is 9.79. The third-order valence-corrected chi connectivity index (χ3v) is 3.66. The smallest absolute Gasteiger partial charge is 0.307 e. The van der Waals surface area contributed by atoms with E-state index in [2.05, 4.69) is 21.0 Å². The number of nitrogens with zero attached hydrogens (tertiary/aromatic N) is 1. The van der Waals surface area contributed by atoms with Gasteiger partial charge in [-0.1, -0.05) is 12.8 Å². The number of aromatic nitrogens is 2. The number of aryl methyl sites for hydroxylation is 1. The highest BCUT2D eigenvalue weighted by molar-refractivity contribution is 5.94. The molecule has 1 heterocycles. The van der Waals surface area contributed by atoms with Gasteiger partial charge in [0.1, 0.15) is 0 Å². The van der Waals surface area contributed by atoms with Crippen LogP contribution in [0.3, 0.4) is 0 Å². The van der Waals surface area contributed by atoms with E-state index in [1.807, 2.05) is 0 Å². The van der Waals surface area contributed by atoms with Crippen molar-refractivity contribution in [2.24, 2.45) is 11.8 Å². The van der Waals surface area contributed by atoms with Crippen LogP contribution in [-0.2, 0) is 9.59 Å². The van der Waals surface area contributed by atoms with Gasteiger partial charge in [-0.15, -0.1) is 0 Å². The highest BCUT2D eigenvalue weighted by Crippen LogP contribution is 2.30. The molecule has 0 aliphatic heterocycles. The fourth-order valence-corrected chi connectivity index (χ4v) is 2.55. The second-order valence-corrected chi connectivity index (χ2v) is 5.22. The zero-order valence-corrected chi connectivity index (χ0v) is 11.7. The molecule has 2 rings (SSSR count). The Labute approximate surface area is 121 Å². The molecule has 0 aromatic carbocycles. The number of H-pyrrole nitrogens is 1. The van der Waals surface area contributed by atoms with Crippen molar-refractivity contribution in [3.8, 4) is 0 Å². The summed E-state index contributed by atoms with van der Waals surface area (Å²) in [5, 5.41) is 15.5. The minimum absolute atomic E-state index is 0.159. The van der Waals surface area contributed by atoms with Gasteiger partial charge in [0.25, 0.3) is 5.91 Å². The van der Waals surface area contributed by atoms with Crippen LogP contribution in [0.5, 0.6) is 0 Å². The Bertz CT molecular complexity index is 554. The van der Waals surface area contributed by atoms with Crippen LogP contribution in [0.1, 0.15) is 41.9 Å². The molecule has 4 N–H and O–H groups in total. The molecule has 1 aromatic heterocycles. The number of carbonyl (C=O) groups excluding carboxylic acids is 2. The average Bonchev–Trinajstić information content (AvgIpc) is 2.91. The van der Waals surface area contributed by atoms with E-state index in [1.165, 1.54) is 0 Å². The first-order valence-corrected chi connectivity index (χ1v) is 6.84. The molecule has 1 aliphatic rings. The van der Waals surface area contributed by atoms with Crippen molar-refractivity contribution in [1.29, 1.82) is 0 Å². The Kier molecular flexibility index (Phi) is 4.56. The molecular formula is C13H18N4O4. The Hall–Kier alpha value is -2.38. The first-order chi connectivity index (χ1) is 9.99. The maximum Gasteiger partial charge on any atom is 0.307 e. The number of hydrogen-bond acceptors (Lipinski definition) is 4. The van der Waals surface area contributed by atoms with Gasteiger partial charge in [0, 0.05) is 5.69 Å². The molecule has 0 saturated heterocycles. The van der Waals surface area contributed by atoms with Crippen LogP contribution in [0.2, 0.25) is 0 Å². The molecule has 21 heavy (non-hydrogen) atoms. The van der Waals surface area contributed by atoms with Gasteiger partial charge in [-0.3, -0.25) is 30.3 Å². The van der Waals surface area contributed by atoms with Crippen LogP contribution >= 0.6 is 0 Å². The van der Waals surface area contributed by atoms with E-state index in [9.17, 15) is 14.4 Å². The lowest BCUT2D eigenvalue weighted by Crippen LogP contribution is -2.48. The summed E-state index contributed by atoms with van der Waals surface area (Å²) in [6.07, 6.45) is 2.62. The number of amides is 2. The number of hydrogen-bond donors (Lipinski definition) is 4. The predicted molar refractivity (Wildman–Crippen MR) is 72.0 cm³/mol. The van der Waals surface area contributed by atoms with Gasteiger partial charge < -0.3 is 5.11 Å². The second kappa shape index (κ2) is 6.38. The van der Waals surface area contributed by atoms with Gasteiger partial charge in [0.05, 0.1) is 11.8 Å². The number of carbonyl (C=O) groups is 3. The summed E-state index contributed by atoms with van der Waals surface area (Å²) >= 11 is 0. The van der Waals surface area contributed by atoms with Crippen molar-refractivity contribution < 1.29 is 19.5 Å². The monoisotopic (exact) mass is 294 g/mol. The molecule has 114 valence electrons. The Balaban J connectivity index is 1.91. The van der Waals surface area contributed by atoms with Crippen molar-refractivity contribution in [2.75, 3.05) is 0 Å². The molecular weight excluding hydrogens is 276 g/mol. The van der Waals surface area contributed by atoms with Crippen LogP contribution in [0.25, 0.3) is 0 Å². The average molecular weight is 294 g/mol. The quantitative estimate of drug-likeness (QED) is 0.599. The molecule has 2 atom stereocenters. The van der Waals surface area contributed by atoms with Crippen molar-refractivity contribution >= 4 is 17.8 Å². The van der Waals surface area contributed by atoms with E-state index >= 15 is 0 Å². The fourth-order valence-electron chi connectivity index (χ4n) is 2.55. The van der Waals surface area contributed by atoms with Crippen molar-refractivity contribution in [2.45, 2.75) is 32.6 Å². The van der Waals surface area contributed by atoms with Gasteiger partial charge in [-0.2, -0.15) is 5.10 Å². The zero-order valence-electron chi connectivity index (χ0n) is 11.7. The third kappa shape index (κ3) is 3.59. The summed E-state index contributed by atoms with van der Waals surface area (Å²) in [7, 11) is 0. The minimum atomic E-state index is -0.968. The molecule has 0 spiro atoms. The number of carboxylic acid groups (broad SMARTS) is 1. The van der Waals surface area contributed by atoms with Gasteiger partial charge in [-0.05, 0) is 25.8 Å². The minimum Gasteiger partial charge on any atom is -0.481 e. The molecule has 1 aliphatic carbocycles. The lowest BCUT2D eigenvalue weighted by Gasteiger charge is -2.27. The Morgan fingerprint density at radius 3 is 2.48 bits per heavy atom. The topological polar surface area (TPSA) is 124 Å². The largest absolute Gasteiger partial charge is 0.481 e. The number of aliphatic carboxylic acids is 1. The molecule has 1 fully saturated rings. The summed E-state index contributed by atoms with van der Waals surface area (Å²) in [5.74, 6) is -3.29. The number of rotatable bonds is 3. The van der Waals surface area contributed by atoms with Crippen molar-refractivity contribution in [3.05, 3.63) is 17.5 Å². The molecule has 0 radical (unpaired) electrons. The standard InChI is InChI=1S/C13H18N4O4/c1-7-6-10(15-14-7)12(19)17-16-11(18)8-4-2-3-5-9(8)13(20)21/h6,8-9H,2-5H2,1H3,(H,14,15)(H,16,18)(H,17,19)(H,20,21)/t8-,9-/m0/s1. The van der Waals surface area contributed by atoms with Gasteiger partial charge in [-0.25, -0.2) is 0 Å². The maximum absolute atomic E-state index is 12.0. The molecule has 8 nitrogen and oxygen atoms in total. The fraction of sp³-hybridized carbons (Fsp3) is 0.538. The summed E-state index contributed by atoms with van der Waals surface area (Å²) in [5.41, 5.74) is 5.43. The molecule has 0 bridgehead atoms. The maximum atomic E-state index is 12.0. The molecule has 1 aromatic rings. The number of nitrogens with one attached hydrogen (secondary N) is 3. The van der Waals surface area contributed by atoms with E-state index < -0.39 is 29.6 Å². The first kappa shape index (κ1) is 15.0. The van der Waals surface area contributed by atoms with Crippen LogP contribution in [0.15, 0.2) is 6.07 Å². The van der Waals surface area contributed by atoms with Crippen molar-refractivity contribution in [3.63, 3.8) is 0 Å². The zero-order chi connectivity index (χ0) is 15.4. The lowest BCUT2D eigenvalue weighted by molar-refractivity contribution is -0.149. The number of hydrazine groups is 1. The predicted octanol–water partition coefficient (Wildman–Crippen LogP) is 0.370. The number of aromatic amines is 1. The van der Waals surface area contributed by atoms with Crippen LogP contribution in [0, 0.1) is 18.8 Å². The van der Waals surface area contributed by atoms with E-state index in [1.54, 1.807) is 13.0 Å². The van der Waals surface area contributed by atoms with E-state index in [-0.39, 0.29) is 5.69 Å². The summed E-state index contributed by atoms with van der Waals surface area (Å²) < 4.78 is 0. The van der Waals surface area contributed by atoms with E-state index in [0.717, 1.165) is 18.5 Å². The van der Waals surface area contributed by atoms with Crippen LogP contribution in [0.4, 0.5) is 0 Å². The van der Waals surface area contributed by atoms with Gasteiger partial charge >= 0.3 is 5.97 Å². The molecule has 1 saturated carbocycles. The summed E-state index contributed by atoms with van der Waals surface area (Å²) in [6.45, 7) is 1.75. The summed E-state index contributed by atoms with van der Waals surface area (Å²) in [6, 6.07) is 1.54.